The molecule has 2 aliphatic rings. The number of nitrogens with zero attached hydrogens (tertiary/aromatic N) is 2. The van der Waals surface area contributed by atoms with E-state index in [1.807, 2.05) is 48.5 Å². The van der Waals surface area contributed by atoms with Gasteiger partial charge in [0.05, 0.1) is 6.61 Å². The fourth-order valence-electron chi connectivity index (χ4n) is 4.79. The Morgan fingerprint density at radius 1 is 1.14 bits per heavy atom. The lowest BCUT2D eigenvalue weighted by Gasteiger charge is -2.38. The van der Waals surface area contributed by atoms with Crippen LogP contribution in [-0.4, -0.2) is 52.8 Å². The number of piperidine rings is 1. The number of aliphatic hydroxyl groups is 1. The summed E-state index contributed by atoms with van der Waals surface area (Å²) in [6, 6.07) is 16.1. The Balaban J connectivity index is 1.60. The Morgan fingerprint density at radius 2 is 1.82 bits per heavy atom. The number of aliphatic hydroxyl groups excluding tert-OH is 1. The number of hydrogen-bond acceptors (Lipinski definition) is 5. The van der Waals surface area contributed by atoms with E-state index in [1.165, 1.54) is 12.8 Å². The van der Waals surface area contributed by atoms with Crippen LogP contribution in [0.15, 0.2) is 54.7 Å². The first-order valence-electron chi connectivity index (χ1n) is 10.1. The summed E-state index contributed by atoms with van der Waals surface area (Å²) in [6.07, 6.45) is 6.03. The number of carbonyl (C=O) groups is 1. The van der Waals surface area contributed by atoms with E-state index in [9.17, 15) is 9.90 Å². The molecular weight excluding hydrogens is 352 g/mol. The van der Waals surface area contributed by atoms with Gasteiger partial charge in [0.25, 0.3) is 0 Å². The summed E-state index contributed by atoms with van der Waals surface area (Å²) in [4.78, 5) is 20.3. The second-order valence-electron chi connectivity index (χ2n) is 8.15. The van der Waals surface area contributed by atoms with Gasteiger partial charge in [-0.05, 0) is 50.4 Å². The summed E-state index contributed by atoms with van der Waals surface area (Å²) in [7, 11) is 2.17. The molecule has 148 valence electrons. The van der Waals surface area contributed by atoms with Gasteiger partial charge in [-0.15, -0.1) is 0 Å². The fraction of sp³-hybridized carbons (Fsp3) is 0.478. The molecule has 0 saturated carbocycles. The van der Waals surface area contributed by atoms with Crippen molar-refractivity contribution in [2.75, 3.05) is 13.7 Å². The third-order valence-corrected chi connectivity index (χ3v) is 6.52. The third-order valence-electron chi connectivity index (χ3n) is 6.52. The van der Waals surface area contributed by atoms with Crippen molar-refractivity contribution in [2.45, 2.75) is 55.7 Å². The van der Waals surface area contributed by atoms with Crippen LogP contribution in [0.1, 0.15) is 36.9 Å². The van der Waals surface area contributed by atoms with E-state index >= 15 is 0 Å². The highest BCUT2D eigenvalue weighted by molar-refractivity contribution is 5.84. The maximum atomic E-state index is 13.5. The topological polar surface area (TPSA) is 62.7 Å². The summed E-state index contributed by atoms with van der Waals surface area (Å²) < 4.78 is 6.05. The number of aromatic nitrogens is 1. The van der Waals surface area contributed by atoms with Gasteiger partial charge in [0.2, 0.25) is 0 Å². The number of rotatable bonds is 6. The molecule has 2 aliphatic heterocycles. The van der Waals surface area contributed by atoms with Gasteiger partial charge in [0.1, 0.15) is 11.5 Å². The summed E-state index contributed by atoms with van der Waals surface area (Å²) in [6.45, 7) is -0.314. The average molecular weight is 380 g/mol. The standard InChI is InChI=1S/C23H28N2O3/c1-25-19-10-11-20(25)14-21(13-19)28-22(27)23(16-26,17-7-3-2-4-8-17)15-18-9-5-6-12-24-18/h2-9,12,19-21,26H,10-11,13-16H2,1H3. The molecule has 3 unspecified atom stereocenters. The number of benzene rings is 1. The maximum Gasteiger partial charge on any atom is 0.319 e. The first-order valence-corrected chi connectivity index (χ1v) is 10.1. The maximum absolute atomic E-state index is 13.5. The van der Waals surface area contributed by atoms with Crippen molar-refractivity contribution in [1.29, 1.82) is 0 Å². The molecule has 0 spiro atoms. The van der Waals surface area contributed by atoms with E-state index in [-0.39, 0.29) is 18.7 Å². The molecule has 28 heavy (non-hydrogen) atoms. The normalized spacial score (nSPS) is 26.6. The van der Waals surface area contributed by atoms with Crippen molar-refractivity contribution in [3.05, 3.63) is 66.0 Å². The highest BCUT2D eigenvalue weighted by atomic mass is 16.5. The quantitative estimate of drug-likeness (QED) is 0.781. The zero-order chi connectivity index (χ0) is 19.6. The van der Waals surface area contributed by atoms with Crippen LogP contribution in [0.3, 0.4) is 0 Å². The highest BCUT2D eigenvalue weighted by Crippen LogP contribution is 2.37. The predicted molar refractivity (Wildman–Crippen MR) is 107 cm³/mol. The van der Waals surface area contributed by atoms with Gasteiger partial charge in [0, 0.05) is 30.4 Å². The Bertz CT molecular complexity index is 784. The van der Waals surface area contributed by atoms with Gasteiger partial charge >= 0.3 is 5.97 Å². The van der Waals surface area contributed by atoms with Gasteiger partial charge in [-0.2, -0.15) is 0 Å². The lowest BCUT2D eigenvalue weighted by molar-refractivity contribution is -0.161. The Kier molecular flexibility index (Phi) is 5.47. The smallest absolute Gasteiger partial charge is 0.319 e. The molecule has 5 heteroatoms. The van der Waals surface area contributed by atoms with Gasteiger partial charge in [-0.1, -0.05) is 36.4 Å². The van der Waals surface area contributed by atoms with Crippen LogP contribution in [0, 0.1) is 0 Å². The van der Waals surface area contributed by atoms with E-state index in [0.717, 1.165) is 24.1 Å². The molecule has 3 heterocycles. The van der Waals surface area contributed by atoms with Crippen molar-refractivity contribution in [3.63, 3.8) is 0 Å². The van der Waals surface area contributed by atoms with Crippen LogP contribution in [0.25, 0.3) is 0 Å². The molecule has 5 nitrogen and oxygen atoms in total. The molecule has 1 aromatic carbocycles. The van der Waals surface area contributed by atoms with Gasteiger partial charge in [0.15, 0.2) is 0 Å². The molecule has 2 aromatic rings. The SMILES string of the molecule is CN1C2CCC1CC(OC(=O)C(CO)(Cc1ccccn1)c1ccccc1)C2. The molecule has 0 aliphatic carbocycles. The van der Waals surface area contributed by atoms with Crippen LogP contribution >= 0.6 is 0 Å². The first-order chi connectivity index (χ1) is 13.6. The molecule has 0 amide bonds. The monoisotopic (exact) mass is 380 g/mol. The van der Waals surface area contributed by atoms with Crippen LogP contribution < -0.4 is 0 Å². The molecule has 1 aromatic heterocycles. The van der Waals surface area contributed by atoms with Gasteiger partial charge in [-0.25, -0.2) is 0 Å². The van der Waals surface area contributed by atoms with E-state index < -0.39 is 5.41 Å². The van der Waals surface area contributed by atoms with Gasteiger partial charge < -0.3 is 14.7 Å². The average Bonchev–Trinajstić information content (AvgIpc) is 2.93. The molecule has 2 fully saturated rings. The second kappa shape index (κ2) is 8.02. The molecule has 1 N–H and O–H groups in total. The Morgan fingerprint density at radius 3 is 2.43 bits per heavy atom. The van der Waals surface area contributed by atoms with Gasteiger partial charge in [-0.3, -0.25) is 9.78 Å². The number of fused-ring (bicyclic) bond motifs is 2. The number of hydrogen-bond donors (Lipinski definition) is 1. The van der Waals surface area contributed by atoms with Crippen LogP contribution in [0.5, 0.6) is 0 Å². The Labute approximate surface area is 166 Å². The minimum atomic E-state index is -1.14. The number of esters is 1. The summed E-state index contributed by atoms with van der Waals surface area (Å²) >= 11 is 0. The van der Waals surface area contributed by atoms with Crippen LogP contribution in [-0.2, 0) is 21.4 Å². The minimum absolute atomic E-state index is 0.0837. The number of pyridine rings is 1. The summed E-state index contributed by atoms with van der Waals surface area (Å²) in [5.41, 5.74) is 0.391. The molecule has 3 atom stereocenters. The molecule has 2 bridgehead atoms. The zero-order valence-corrected chi connectivity index (χ0v) is 16.3. The zero-order valence-electron chi connectivity index (χ0n) is 16.3. The van der Waals surface area contributed by atoms with Crippen LogP contribution in [0.2, 0.25) is 0 Å². The van der Waals surface area contributed by atoms with E-state index in [4.69, 9.17) is 4.74 Å². The fourth-order valence-corrected chi connectivity index (χ4v) is 4.79. The molecule has 2 saturated heterocycles. The van der Waals surface area contributed by atoms with E-state index in [0.29, 0.717) is 18.5 Å². The second-order valence-corrected chi connectivity index (χ2v) is 8.15. The lowest BCUT2D eigenvalue weighted by Crippen LogP contribution is -2.48. The predicted octanol–water partition coefficient (Wildman–Crippen LogP) is 2.72. The summed E-state index contributed by atoms with van der Waals surface area (Å²) in [5, 5.41) is 10.4. The summed E-state index contributed by atoms with van der Waals surface area (Å²) in [5.74, 6) is -0.346. The number of carbonyl (C=O) groups excluding carboxylic acids is 1. The largest absolute Gasteiger partial charge is 0.462 e. The van der Waals surface area contributed by atoms with E-state index in [1.54, 1.807) is 6.20 Å². The highest BCUT2D eigenvalue weighted by Gasteiger charge is 2.45. The van der Waals surface area contributed by atoms with Crippen molar-refractivity contribution in [3.8, 4) is 0 Å². The van der Waals surface area contributed by atoms with Crippen molar-refractivity contribution >= 4 is 5.97 Å². The van der Waals surface area contributed by atoms with Crippen molar-refractivity contribution in [1.82, 2.24) is 9.88 Å². The van der Waals surface area contributed by atoms with E-state index in [2.05, 4.69) is 16.9 Å². The molecular formula is C23H28N2O3. The van der Waals surface area contributed by atoms with Crippen molar-refractivity contribution in [2.24, 2.45) is 0 Å². The minimum Gasteiger partial charge on any atom is -0.462 e. The third kappa shape index (κ3) is 3.56. The van der Waals surface area contributed by atoms with Crippen molar-refractivity contribution < 1.29 is 14.6 Å². The molecule has 4 rings (SSSR count). The lowest BCUT2D eigenvalue weighted by atomic mass is 9.77. The number of ether oxygens (including phenoxy) is 1. The van der Waals surface area contributed by atoms with Crippen LogP contribution in [0.4, 0.5) is 0 Å². The first kappa shape index (κ1) is 19.1. The molecule has 0 radical (unpaired) electrons. The Hall–Kier alpha value is -2.24.